The molecule has 1 aliphatic carbocycles. The lowest BCUT2D eigenvalue weighted by Crippen LogP contribution is -2.11. The topological polar surface area (TPSA) is 40.5 Å². The SMILES string of the molecule is O[C@@H]1c2cccc(Cl)c2C[C@@H]1O. The molecule has 0 aromatic heterocycles. The first-order valence-corrected chi connectivity index (χ1v) is 4.21. The Kier molecular flexibility index (Phi) is 1.83. The van der Waals surface area contributed by atoms with E-state index in [1.54, 1.807) is 18.2 Å². The van der Waals surface area contributed by atoms with Gasteiger partial charge in [0.15, 0.2) is 0 Å². The molecule has 0 spiro atoms. The summed E-state index contributed by atoms with van der Waals surface area (Å²) in [5.41, 5.74) is 1.63. The molecule has 0 saturated carbocycles. The number of hydrogen-bond donors (Lipinski definition) is 2. The second-order valence-corrected chi connectivity index (χ2v) is 3.43. The first-order valence-electron chi connectivity index (χ1n) is 3.83. The van der Waals surface area contributed by atoms with Gasteiger partial charge in [-0.2, -0.15) is 0 Å². The quantitative estimate of drug-likeness (QED) is 0.638. The summed E-state index contributed by atoms with van der Waals surface area (Å²) in [6.45, 7) is 0. The number of aliphatic hydroxyl groups excluding tert-OH is 2. The average molecular weight is 185 g/mol. The van der Waals surface area contributed by atoms with Crippen molar-refractivity contribution in [3.05, 3.63) is 34.3 Å². The first-order chi connectivity index (χ1) is 5.70. The molecule has 3 heteroatoms. The Morgan fingerprint density at radius 2 is 2.08 bits per heavy atom. The minimum atomic E-state index is -0.765. The molecule has 0 heterocycles. The summed E-state index contributed by atoms with van der Waals surface area (Å²) in [6, 6.07) is 5.34. The normalized spacial score (nSPS) is 27.2. The Balaban J connectivity index is 2.53. The molecule has 2 rings (SSSR count). The highest BCUT2D eigenvalue weighted by Gasteiger charge is 2.30. The number of benzene rings is 1. The minimum absolute atomic E-state index is 0.455. The second kappa shape index (κ2) is 2.73. The van der Waals surface area contributed by atoms with Gasteiger partial charge >= 0.3 is 0 Å². The van der Waals surface area contributed by atoms with Crippen molar-refractivity contribution in [2.45, 2.75) is 18.6 Å². The third-order valence-corrected chi connectivity index (χ3v) is 2.61. The van der Waals surface area contributed by atoms with Crippen molar-refractivity contribution in [2.75, 3.05) is 0 Å². The predicted octanol–water partition coefficient (Wildman–Crippen LogP) is 1.29. The zero-order valence-electron chi connectivity index (χ0n) is 6.37. The molecule has 2 N–H and O–H groups in total. The van der Waals surface area contributed by atoms with Crippen LogP contribution in [0.15, 0.2) is 18.2 Å². The summed E-state index contributed by atoms with van der Waals surface area (Å²) >= 11 is 5.88. The molecule has 1 aromatic carbocycles. The molecule has 0 amide bonds. The van der Waals surface area contributed by atoms with Crippen LogP contribution in [0.1, 0.15) is 17.2 Å². The number of halogens is 1. The molecule has 0 fully saturated rings. The van der Waals surface area contributed by atoms with Crippen LogP contribution in [0.5, 0.6) is 0 Å². The average Bonchev–Trinajstić information content (AvgIpc) is 2.32. The van der Waals surface area contributed by atoms with E-state index >= 15 is 0 Å². The molecule has 0 aliphatic heterocycles. The first kappa shape index (κ1) is 8.05. The van der Waals surface area contributed by atoms with Crippen molar-refractivity contribution >= 4 is 11.6 Å². The Morgan fingerprint density at radius 3 is 2.75 bits per heavy atom. The summed E-state index contributed by atoms with van der Waals surface area (Å²) in [5.74, 6) is 0. The molecule has 1 aromatic rings. The highest BCUT2D eigenvalue weighted by atomic mass is 35.5. The Hall–Kier alpha value is -0.570. The van der Waals surface area contributed by atoms with Crippen LogP contribution in [-0.2, 0) is 6.42 Å². The van der Waals surface area contributed by atoms with Crippen LogP contribution in [-0.4, -0.2) is 16.3 Å². The van der Waals surface area contributed by atoms with Gasteiger partial charge in [-0.05, 0) is 17.2 Å². The van der Waals surface area contributed by atoms with Gasteiger partial charge in [0, 0.05) is 11.4 Å². The smallest absolute Gasteiger partial charge is 0.105 e. The van der Waals surface area contributed by atoms with Gasteiger partial charge in [0.2, 0.25) is 0 Å². The van der Waals surface area contributed by atoms with E-state index in [0.717, 1.165) is 11.1 Å². The van der Waals surface area contributed by atoms with E-state index in [4.69, 9.17) is 11.6 Å². The zero-order chi connectivity index (χ0) is 8.72. The fourth-order valence-corrected chi connectivity index (χ4v) is 1.85. The number of fused-ring (bicyclic) bond motifs is 1. The molecular formula is C9H9ClO2. The molecule has 12 heavy (non-hydrogen) atoms. The molecule has 0 bridgehead atoms. The lowest BCUT2D eigenvalue weighted by atomic mass is 10.1. The lowest BCUT2D eigenvalue weighted by Gasteiger charge is -2.06. The summed E-state index contributed by atoms with van der Waals surface area (Å²) in [4.78, 5) is 0. The van der Waals surface area contributed by atoms with Gasteiger partial charge in [-0.1, -0.05) is 23.7 Å². The summed E-state index contributed by atoms with van der Waals surface area (Å²) in [6.07, 6.45) is -1.01. The van der Waals surface area contributed by atoms with Crippen LogP contribution in [0.3, 0.4) is 0 Å². The number of rotatable bonds is 0. The standard InChI is InChI=1S/C9H9ClO2/c10-7-3-1-2-5-6(7)4-8(11)9(5)12/h1-3,8-9,11-12H,4H2/t8-,9+/m0/s1. The fourth-order valence-electron chi connectivity index (χ4n) is 1.60. The van der Waals surface area contributed by atoms with Crippen LogP contribution in [0.25, 0.3) is 0 Å². The Labute approximate surface area is 75.4 Å². The fraction of sp³-hybridized carbons (Fsp3) is 0.333. The van der Waals surface area contributed by atoms with Gasteiger partial charge in [-0.3, -0.25) is 0 Å². The van der Waals surface area contributed by atoms with Crippen molar-refractivity contribution in [3.63, 3.8) is 0 Å². The third-order valence-electron chi connectivity index (χ3n) is 2.25. The van der Waals surface area contributed by atoms with Crippen LogP contribution in [0, 0.1) is 0 Å². The summed E-state index contributed by atoms with van der Waals surface area (Å²) < 4.78 is 0. The van der Waals surface area contributed by atoms with E-state index < -0.39 is 12.2 Å². The zero-order valence-corrected chi connectivity index (χ0v) is 7.12. The predicted molar refractivity (Wildman–Crippen MR) is 46.1 cm³/mol. The van der Waals surface area contributed by atoms with E-state index in [1.807, 2.05) is 0 Å². The van der Waals surface area contributed by atoms with E-state index in [9.17, 15) is 10.2 Å². The van der Waals surface area contributed by atoms with Gasteiger partial charge in [0.25, 0.3) is 0 Å². The van der Waals surface area contributed by atoms with Crippen LogP contribution >= 0.6 is 11.6 Å². The van der Waals surface area contributed by atoms with E-state index in [-0.39, 0.29) is 0 Å². The molecular weight excluding hydrogens is 176 g/mol. The highest BCUT2D eigenvalue weighted by Crippen LogP contribution is 2.35. The largest absolute Gasteiger partial charge is 0.390 e. The van der Waals surface area contributed by atoms with E-state index in [1.165, 1.54) is 0 Å². The highest BCUT2D eigenvalue weighted by molar-refractivity contribution is 6.31. The molecule has 2 atom stereocenters. The third kappa shape index (κ3) is 1.04. The van der Waals surface area contributed by atoms with Gasteiger partial charge < -0.3 is 10.2 Å². The van der Waals surface area contributed by atoms with E-state index in [0.29, 0.717) is 11.4 Å². The molecule has 64 valence electrons. The Bertz CT molecular complexity index is 311. The second-order valence-electron chi connectivity index (χ2n) is 3.02. The molecule has 0 unspecified atom stereocenters. The molecule has 1 aliphatic rings. The van der Waals surface area contributed by atoms with Crippen molar-refractivity contribution in [1.29, 1.82) is 0 Å². The summed E-state index contributed by atoms with van der Waals surface area (Å²) in [5, 5.41) is 19.4. The van der Waals surface area contributed by atoms with Crippen molar-refractivity contribution < 1.29 is 10.2 Å². The van der Waals surface area contributed by atoms with Crippen LogP contribution in [0.4, 0.5) is 0 Å². The Morgan fingerprint density at radius 1 is 1.33 bits per heavy atom. The minimum Gasteiger partial charge on any atom is -0.390 e. The number of aliphatic hydroxyl groups is 2. The van der Waals surface area contributed by atoms with Crippen molar-refractivity contribution in [1.82, 2.24) is 0 Å². The van der Waals surface area contributed by atoms with Crippen LogP contribution < -0.4 is 0 Å². The van der Waals surface area contributed by atoms with Gasteiger partial charge in [-0.15, -0.1) is 0 Å². The lowest BCUT2D eigenvalue weighted by molar-refractivity contribution is 0.0326. The molecule has 2 nitrogen and oxygen atoms in total. The maximum Gasteiger partial charge on any atom is 0.105 e. The maximum atomic E-state index is 9.47. The summed E-state index contributed by atoms with van der Waals surface area (Å²) in [7, 11) is 0. The van der Waals surface area contributed by atoms with Crippen molar-refractivity contribution in [2.24, 2.45) is 0 Å². The molecule has 0 saturated heterocycles. The monoisotopic (exact) mass is 184 g/mol. The number of hydrogen-bond acceptors (Lipinski definition) is 2. The van der Waals surface area contributed by atoms with Crippen molar-refractivity contribution in [3.8, 4) is 0 Å². The molecule has 0 radical (unpaired) electrons. The van der Waals surface area contributed by atoms with Crippen LogP contribution in [0.2, 0.25) is 5.02 Å². The van der Waals surface area contributed by atoms with Gasteiger partial charge in [-0.25, -0.2) is 0 Å². The van der Waals surface area contributed by atoms with E-state index in [2.05, 4.69) is 0 Å². The maximum absolute atomic E-state index is 9.47. The van der Waals surface area contributed by atoms with Gasteiger partial charge in [0.05, 0.1) is 6.10 Å². The van der Waals surface area contributed by atoms with Gasteiger partial charge in [0.1, 0.15) is 6.10 Å².